The number of benzene rings is 2. The van der Waals surface area contributed by atoms with Gasteiger partial charge in [-0.2, -0.15) is 0 Å². The fourth-order valence-corrected chi connectivity index (χ4v) is 2.75. The van der Waals surface area contributed by atoms with Gasteiger partial charge >= 0.3 is 0 Å². The van der Waals surface area contributed by atoms with Gasteiger partial charge in [0.25, 0.3) is 5.91 Å². The Morgan fingerprint density at radius 2 is 1.70 bits per heavy atom. The van der Waals surface area contributed by atoms with Crippen molar-refractivity contribution < 1.29 is 4.79 Å². The van der Waals surface area contributed by atoms with Gasteiger partial charge in [0.05, 0.1) is 16.6 Å². The van der Waals surface area contributed by atoms with Gasteiger partial charge in [0, 0.05) is 0 Å². The lowest BCUT2D eigenvalue weighted by Crippen LogP contribution is -2.27. The van der Waals surface area contributed by atoms with Crippen molar-refractivity contribution in [2.45, 2.75) is 46.1 Å². The van der Waals surface area contributed by atoms with Crippen LogP contribution >= 0.6 is 11.6 Å². The molecule has 23 heavy (non-hydrogen) atoms. The highest BCUT2D eigenvalue weighted by molar-refractivity contribution is 6.33. The van der Waals surface area contributed by atoms with Gasteiger partial charge in [-0.25, -0.2) is 0 Å². The summed E-state index contributed by atoms with van der Waals surface area (Å²) in [5.74, 6) is -0.151. The molecule has 0 spiro atoms. The lowest BCUT2D eigenvalue weighted by Gasteiger charge is -2.21. The Morgan fingerprint density at radius 3 is 2.22 bits per heavy atom. The van der Waals surface area contributed by atoms with Crippen LogP contribution in [0, 0.1) is 6.92 Å². The normalized spacial score (nSPS) is 12.8. The van der Waals surface area contributed by atoms with Crippen molar-refractivity contribution in [3.8, 4) is 0 Å². The van der Waals surface area contributed by atoms with Crippen molar-refractivity contribution >= 4 is 17.5 Å². The third-order valence-corrected chi connectivity index (χ3v) is 4.31. The average molecular weight is 330 g/mol. The third kappa shape index (κ3) is 4.35. The minimum Gasteiger partial charge on any atom is -0.345 e. The fourth-order valence-electron chi connectivity index (χ4n) is 2.43. The molecule has 0 aliphatic heterocycles. The lowest BCUT2D eigenvalue weighted by atomic mass is 9.86. The van der Waals surface area contributed by atoms with Gasteiger partial charge in [-0.1, -0.05) is 62.7 Å². The summed E-state index contributed by atoms with van der Waals surface area (Å²) in [6.07, 6.45) is 0. The van der Waals surface area contributed by atoms with E-state index in [1.807, 2.05) is 19.9 Å². The molecule has 1 atom stereocenters. The Kier molecular flexibility index (Phi) is 5.16. The number of hydrogen-bond donors (Lipinski definition) is 1. The fraction of sp³-hybridized carbons (Fsp3) is 0.350. The molecular formula is C20H24ClNO. The molecule has 2 nitrogen and oxygen atoms in total. The number of amides is 1. The zero-order valence-electron chi connectivity index (χ0n) is 14.4. The molecule has 0 aliphatic carbocycles. The largest absolute Gasteiger partial charge is 0.345 e. The van der Waals surface area contributed by atoms with E-state index in [1.165, 1.54) is 5.56 Å². The van der Waals surface area contributed by atoms with E-state index in [0.717, 1.165) is 11.1 Å². The predicted molar refractivity (Wildman–Crippen MR) is 97.2 cm³/mol. The first-order chi connectivity index (χ1) is 10.7. The summed E-state index contributed by atoms with van der Waals surface area (Å²) in [5.41, 5.74) is 4.03. The van der Waals surface area contributed by atoms with E-state index in [-0.39, 0.29) is 17.4 Å². The average Bonchev–Trinajstić information content (AvgIpc) is 2.46. The molecule has 2 rings (SSSR count). The standard InChI is InChI=1S/C20H24ClNO/c1-13-6-11-17(18(21)12-13)19(23)22-14(2)15-7-9-16(10-8-15)20(3,4)5/h6-12,14H,1-5H3,(H,22,23)/t14-/m1/s1. The molecule has 2 aromatic carbocycles. The summed E-state index contributed by atoms with van der Waals surface area (Å²) in [4.78, 5) is 12.4. The van der Waals surface area contributed by atoms with E-state index in [1.54, 1.807) is 12.1 Å². The molecule has 0 aliphatic rings. The number of nitrogens with one attached hydrogen (secondary N) is 1. The second-order valence-corrected chi connectivity index (χ2v) is 7.46. The van der Waals surface area contributed by atoms with Crippen molar-refractivity contribution in [2.24, 2.45) is 0 Å². The second kappa shape index (κ2) is 6.76. The summed E-state index contributed by atoms with van der Waals surface area (Å²) in [7, 11) is 0. The van der Waals surface area contributed by atoms with Crippen LogP contribution in [0.25, 0.3) is 0 Å². The number of aryl methyl sites for hydroxylation is 1. The van der Waals surface area contributed by atoms with Gasteiger partial charge in [-0.3, -0.25) is 4.79 Å². The Hall–Kier alpha value is -1.80. The lowest BCUT2D eigenvalue weighted by molar-refractivity contribution is 0.0940. The van der Waals surface area contributed by atoms with E-state index >= 15 is 0 Å². The zero-order valence-corrected chi connectivity index (χ0v) is 15.2. The molecule has 0 saturated carbocycles. The molecule has 0 aromatic heterocycles. The van der Waals surface area contributed by atoms with Crippen LogP contribution in [-0.2, 0) is 5.41 Å². The van der Waals surface area contributed by atoms with Crippen LogP contribution in [0.4, 0.5) is 0 Å². The Morgan fingerprint density at radius 1 is 1.09 bits per heavy atom. The third-order valence-electron chi connectivity index (χ3n) is 3.99. The van der Waals surface area contributed by atoms with Crippen LogP contribution in [0.15, 0.2) is 42.5 Å². The summed E-state index contributed by atoms with van der Waals surface area (Å²) in [6.45, 7) is 10.5. The number of carbonyl (C=O) groups excluding carboxylic acids is 1. The molecule has 0 unspecified atom stereocenters. The number of halogens is 1. The maximum Gasteiger partial charge on any atom is 0.253 e. The quantitative estimate of drug-likeness (QED) is 0.798. The first-order valence-electron chi connectivity index (χ1n) is 7.86. The maximum atomic E-state index is 12.4. The Labute approximate surface area is 143 Å². The SMILES string of the molecule is Cc1ccc(C(=O)N[C@H](C)c2ccc(C(C)(C)C)cc2)c(Cl)c1. The van der Waals surface area contributed by atoms with Crippen LogP contribution in [0.1, 0.15) is 60.8 Å². The van der Waals surface area contributed by atoms with Gasteiger partial charge < -0.3 is 5.32 Å². The minimum absolute atomic E-state index is 0.0751. The molecule has 122 valence electrons. The number of hydrogen-bond acceptors (Lipinski definition) is 1. The highest BCUT2D eigenvalue weighted by Crippen LogP contribution is 2.24. The van der Waals surface area contributed by atoms with Gasteiger partial charge in [0.2, 0.25) is 0 Å². The number of rotatable bonds is 3. The van der Waals surface area contributed by atoms with Crippen molar-refractivity contribution in [2.75, 3.05) is 0 Å². The van der Waals surface area contributed by atoms with Crippen molar-refractivity contribution in [3.05, 3.63) is 69.7 Å². The topological polar surface area (TPSA) is 29.1 Å². The smallest absolute Gasteiger partial charge is 0.253 e. The molecule has 0 radical (unpaired) electrons. The number of carbonyl (C=O) groups is 1. The van der Waals surface area contributed by atoms with Crippen LogP contribution in [0.2, 0.25) is 5.02 Å². The summed E-state index contributed by atoms with van der Waals surface area (Å²) < 4.78 is 0. The minimum atomic E-state index is -0.151. The van der Waals surface area contributed by atoms with Gasteiger partial charge in [0.15, 0.2) is 0 Å². The summed E-state index contributed by atoms with van der Waals surface area (Å²) >= 11 is 6.16. The first-order valence-corrected chi connectivity index (χ1v) is 8.24. The molecule has 1 N–H and O–H groups in total. The van der Waals surface area contributed by atoms with Crippen LogP contribution in [-0.4, -0.2) is 5.91 Å². The van der Waals surface area contributed by atoms with Crippen molar-refractivity contribution in [3.63, 3.8) is 0 Å². The molecule has 0 fully saturated rings. The molecule has 3 heteroatoms. The van der Waals surface area contributed by atoms with E-state index < -0.39 is 0 Å². The van der Waals surface area contributed by atoms with Crippen molar-refractivity contribution in [1.29, 1.82) is 0 Å². The molecule has 0 bridgehead atoms. The van der Waals surface area contributed by atoms with E-state index in [2.05, 4.69) is 50.4 Å². The van der Waals surface area contributed by atoms with Crippen LogP contribution in [0.3, 0.4) is 0 Å². The molecule has 0 saturated heterocycles. The summed E-state index contributed by atoms with van der Waals surface area (Å²) in [6, 6.07) is 13.8. The van der Waals surface area contributed by atoms with Crippen LogP contribution in [0.5, 0.6) is 0 Å². The second-order valence-electron chi connectivity index (χ2n) is 7.05. The van der Waals surface area contributed by atoms with E-state index in [9.17, 15) is 4.79 Å². The highest BCUT2D eigenvalue weighted by Gasteiger charge is 2.16. The van der Waals surface area contributed by atoms with E-state index in [0.29, 0.717) is 10.6 Å². The van der Waals surface area contributed by atoms with Gasteiger partial charge in [-0.05, 0) is 48.1 Å². The Bertz CT molecular complexity index is 699. The predicted octanol–water partition coefficient (Wildman–Crippen LogP) is 5.44. The molecular weight excluding hydrogens is 306 g/mol. The first kappa shape index (κ1) is 17.6. The highest BCUT2D eigenvalue weighted by atomic mass is 35.5. The monoisotopic (exact) mass is 329 g/mol. The van der Waals surface area contributed by atoms with Gasteiger partial charge in [0.1, 0.15) is 0 Å². The molecule has 2 aromatic rings. The molecule has 1 amide bonds. The van der Waals surface area contributed by atoms with Gasteiger partial charge in [-0.15, -0.1) is 0 Å². The Balaban J connectivity index is 2.12. The van der Waals surface area contributed by atoms with Crippen molar-refractivity contribution in [1.82, 2.24) is 5.32 Å². The van der Waals surface area contributed by atoms with Crippen LogP contribution < -0.4 is 5.32 Å². The zero-order chi connectivity index (χ0) is 17.2. The van der Waals surface area contributed by atoms with E-state index in [4.69, 9.17) is 11.6 Å². The molecule has 0 heterocycles. The summed E-state index contributed by atoms with van der Waals surface area (Å²) in [5, 5.41) is 3.49. The maximum absolute atomic E-state index is 12.4.